The molecule has 0 saturated carbocycles. The van der Waals surface area contributed by atoms with Gasteiger partial charge in [0.25, 0.3) is 0 Å². The van der Waals surface area contributed by atoms with Gasteiger partial charge >= 0.3 is 5.97 Å². The van der Waals surface area contributed by atoms with Gasteiger partial charge in [-0.2, -0.15) is 0 Å². The summed E-state index contributed by atoms with van der Waals surface area (Å²) in [6.45, 7) is 3.05. The van der Waals surface area contributed by atoms with Crippen molar-refractivity contribution in [1.29, 1.82) is 0 Å². The Morgan fingerprint density at radius 3 is 2.94 bits per heavy atom. The largest absolute Gasteiger partial charge is 0.481 e. The Labute approximate surface area is 101 Å². The normalized spacial score (nSPS) is 20.6. The molecule has 0 amide bonds. The molecule has 0 spiro atoms. The lowest BCUT2D eigenvalue weighted by molar-refractivity contribution is -0.137. The molecule has 92 valence electrons. The van der Waals surface area contributed by atoms with Crippen molar-refractivity contribution in [1.82, 2.24) is 9.88 Å². The summed E-state index contributed by atoms with van der Waals surface area (Å²) >= 11 is 0. The van der Waals surface area contributed by atoms with Crippen molar-refractivity contribution in [2.45, 2.75) is 25.8 Å². The summed E-state index contributed by atoms with van der Waals surface area (Å²) in [7, 11) is 0. The van der Waals surface area contributed by atoms with Crippen LogP contribution in [0.25, 0.3) is 0 Å². The molecule has 1 N–H and O–H groups in total. The maximum absolute atomic E-state index is 10.5. The van der Waals surface area contributed by atoms with Crippen LogP contribution in [0.1, 0.15) is 24.8 Å². The minimum Gasteiger partial charge on any atom is -0.481 e. The van der Waals surface area contributed by atoms with Gasteiger partial charge in [0.15, 0.2) is 0 Å². The fourth-order valence-corrected chi connectivity index (χ4v) is 2.37. The summed E-state index contributed by atoms with van der Waals surface area (Å²) in [5.41, 5.74) is 1.28. The number of rotatable bonds is 5. The van der Waals surface area contributed by atoms with E-state index >= 15 is 0 Å². The van der Waals surface area contributed by atoms with Crippen LogP contribution in [-0.4, -0.2) is 34.0 Å². The number of nitrogens with zero attached hydrogens (tertiary/aromatic N) is 2. The number of hydrogen-bond donors (Lipinski definition) is 1. The van der Waals surface area contributed by atoms with Crippen LogP contribution in [0.2, 0.25) is 0 Å². The molecule has 0 bridgehead atoms. The summed E-state index contributed by atoms with van der Waals surface area (Å²) in [5.74, 6) is -0.134. The molecule has 1 fully saturated rings. The van der Waals surface area contributed by atoms with E-state index in [2.05, 4.69) is 9.88 Å². The van der Waals surface area contributed by atoms with Gasteiger partial charge in [-0.25, -0.2) is 0 Å². The number of carboxylic acids is 1. The quantitative estimate of drug-likeness (QED) is 0.843. The molecule has 4 nitrogen and oxygen atoms in total. The standard InChI is InChI=1S/C13H18N2O2/c16-13(17)2-1-11-5-8-15(9-11)10-12-3-6-14-7-4-12/h3-4,6-7,11H,1-2,5,8-10H2,(H,16,17). The van der Waals surface area contributed by atoms with Crippen LogP contribution in [0.4, 0.5) is 0 Å². The molecular weight excluding hydrogens is 216 g/mol. The van der Waals surface area contributed by atoms with E-state index in [9.17, 15) is 4.79 Å². The Kier molecular flexibility index (Phi) is 4.09. The van der Waals surface area contributed by atoms with Crippen molar-refractivity contribution >= 4 is 5.97 Å². The smallest absolute Gasteiger partial charge is 0.303 e. The van der Waals surface area contributed by atoms with Crippen molar-refractivity contribution in [3.05, 3.63) is 30.1 Å². The minimum atomic E-state index is -0.683. The average Bonchev–Trinajstić information content (AvgIpc) is 2.75. The van der Waals surface area contributed by atoms with Crippen molar-refractivity contribution < 1.29 is 9.90 Å². The number of hydrogen-bond acceptors (Lipinski definition) is 3. The fourth-order valence-electron chi connectivity index (χ4n) is 2.37. The molecule has 0 aromatic carbocycles. The second-order valence-electron chi connectivity index (χ2n) is 4.68. The van der Waals surface area contributed by atoms with Gasteiger partial charge in [0, 0.05) is 31.9 Å². The Morgan fingerprint density at radius 2 is 2.24 bits per heavy atom. The maximum atomic E-state index is 10.5. The molecule has 17 heavy (non-hydrogen) atoms. The molecule has 2 rings (SSSR count). The van der Waals surface area contributed by atoms with Crippen molar-refractivity contribution in [2.75, 3.05) is 13.1 Å². The second-order valence-corrected chi connectivity index (χ2v) is 4.68. The first-order chi connectivity index (χ1) is 8.24. The first-order valence-electron chi connectivity index (χ1n) is 6.07. The molecule has 0 radical (unpaired) electrons. The zero-order chi connectivity index (χ0) is 12.1. The van der Waals surface area contributed by atoms with Gasteiger partial charge < -0.3 is 5.11 Å². The van der Waals surface area contributed by atoms with Gasteiger partial charge in [0.05, 0.1) is 0 Å². The Hall–Kier alpha value is -1.42. The molecule has 4 heteroatoms. The van der Waals surface area contributed by atoms with Gasteiger partial charge in [0.1, 0.15) is 0 Å². The Morgan fingerprint density at radius 1 is 1.47 bits per heavy atom. The number of carbonyl (C=O) groups is 1. The highest BCUT2D eigenvalue weighted by Gasteiger charge is 2.22. The van der Waals surface area contributed by atoms with Gasteiger partial charge in [0.2, 0.25) is 0 Å². The van der Waals surface area contributed by atoms with Gasteiger partial charge in [-0.15, -0.1) is 0 Å². The number of aromatic nitrogens is 1. The zero-order valence-corrected chi connectivity index (χ0v) is 9.88. The number of likely N-dealkylation sites (tertiary alicyclic amines) is 1. The molecule has 1 saturated heterocycles. The first-order valence-corrected chi connectivity index (χ1v) is 6.07. The number of carboxylic acid groups (broad SMARTS) is 1. The monoisotopic (exact) mass is 234 g/mol. The number of aliphatic carboxylic acids is 1. The summed E-state index contributed by atoms with van der Waals surface area (Å²) in [5, 5.41) is 8.65. The molecule has 1 aromatic heterocycles. The third-order valence-electron chi connectivity index (χ3n) is 3.29. The lowest BCUT2D eigenvalue weighted by Crippen LogP contribution is -2.20. The van der Waals surface area contributed by atoms with E-state index in [1.807, 2.05) is 24.5 Å². The van der Waals surface area contributed by atoms with Crippen LogP contribution in [0.15, 0.2) is 24.5 Å². The predicted octanol–water partition coefficient (Wildman–Crippen LogP) is 1.77. The maximum Gasteiger partial charge on any atom is 0.303 e. The summed E-state index contributed by atoms with van der Waals surface area (Å²) in [6.07, 6.45) is 5.86. The predicted molar refractivity (Wildman–Crippen MR) is 64.5 cm³/mol. The van der Waals surface area contributed by atoms with Crippen molar-refractivity contribution in [2.24, 2.45) is 5.92 Å². The van der Waals surface area contributed by atoms with Crippen LogP contribution in [0.3, 0.4) is 0 Å². The van der Waals surface area contributed by atoms with Crippen LogP contribution < -0.4 is 0 Å². The fraction of sp³-hybridized carbons (Fsp3) is 0.538. The molecule has 1 aromatic rings. The van der Waals surface area contributed by atoms with Gasteiger partial charge in [-0.3, -0.25) is 14.7 Å². The van der Waals surface area contributed by atoms with E-state index in [0.717, 1.165) is 32.5 Å². The summed E-state index contributed by atoms with van der Waals surface area (Å²) < 4.78 is 0. The third kappa shape index (κ3) is 3.82. The van der Waals surface area contributed by atoms with Gasteiger partial charge in [-0.1, -0.05) is 0 Å². The lowest BCUT2D eigenvalue weighted by Gasteiger charge is -2.15. The van der Waals surface area contributed by atoms with E-state index in [-0.39, 0.29) is 0 Å². The molecule has 1 atom stereocenters. The van der Waals surface area contributed by atoms with E-state index in [1.54, 1.807) is 0 Å². The second kappa shape index (κ2) is 5.77. The minimum absolute atomic E-state index is 0.299. The number of pyridine rings is 1. The SMILES string of the molecule is O=C(O)CCC1CCN(Cc2ccncc2)C1. The Balaban J connectivity index is 1.76. The highest BCUT2D eigenvalue weighted by molar-refractivity contribution is 5.66. The van der Waals surface area contributed by atoms with E-state index in [1.165, 1.54) is 5.56 Å². The highest BCUT2D eigenvalue weighted by atomic mass is 16.4. The molecule has 1 aliphatic rings. The van der Waals surface area contributed by atoms with Crippen LogP contribution in [0.5, 0.6) is 0 Å². The summed E-state index contributed by atoms with van der Waals surface area (Å²) in [6, 6.07) is 4.06. The van der Waals surface area contributed by atoms with E-state index in [4.69, 9.17) is 5.11 Å². The van der Waals surface area contributed by atoms with Gasteiger partial charge in [-0.05, 0) is 43.0 Å². The molecule has 1 unspecified atom stereocenters. The Bertz CT molecular complexity index is 367. The topological polar surface area (TPSA) is 53.4 Å². The highest BCUT2D eigenvalue weighted by Crippen LogP contribution is 2.22. The third-order valence-corrected chi connectivity index (χ3v) is 3.29. The zero-order valence-electron chi connectivity index (χ0n) is 9.88. The lowest BCUT2D eigenvalue weighted by atomic mass is 10.0. The van der Waals surface area contributed by atoms with Crippen LogP contribution in [0, 0.1) is 5.92 Å². The molecule has 1 aliphatic heterocycles. The molecule has 2 heterocycles. The first kappa shape index (κ1) is 12.0. The van der Waals surface area contributed by atoms with Crippen molar-refractivity contribution in [3.63, 3.8) is 0 Å². The van der Waals surface area contributed by atoms with E-state index in [0.29, 0.717) is 12.3 Å². The average molecular weight is 234 g/mol. The van der Waals surface area contributed by atoms with E-state index < -0.39 is 5.97 Å². The molecule has 0 aliphatic carbocycles. The van der Waals surface area contributed by atoms with Crippen LogP contribution >= 0.6 is 0 Å². The summed E-state index contributed by atoms with van der Waals surface area (Å²) in [4.78, 5) is 16.9. The van der Waals surface area contributed by atoms with Crippen LogP contribution in [-0.2, 0) is 11.3 Å². The molecular formula is C13H18N2O2. The van der Waals surface area contributed by atoms with Crippen molar-refractivity contribution in [3.8, 4) is 0 Å².